The predicted octanol–water partition coefficient (Wildman–Crippen LogP) is 5.60. The summed E-state index contributed by atoms with van der Waals surface area (Å²) >= 11 is 6.29. The zero-order valence-electron chi connectivity index (χ0n) is 21.7. The summed E-state index contributed by atoms with van der Waals surface area (Å²) in [5.41, 5.74) is -0.371. The minimum Gasteiger partial charge on any atom is -0.373 e. The number of piperidine rings is 1. The summed E-state index contributed by atoms with van der Waals surface area (Å²) in [6, 6.07) is 1.25. The van der Waals surface area contributed by atoms with Gasteiger partial charge in [0.1, 0.15) is 34.7 Å². The minimum absolute atomic E-state index is 0.0502. The number of morpholine rings is 1. The van der Waals surface area contributed by atoms with Crippen molar-refractivity contribution in [3.05, 3.63) is 41.1 Å². The lowest BCUT2D eigenvalue weighted by Crippen LogP contribution is -2.45. The molecule has 0 saturated carbocycles. The first kappa shape index (κ1) is 27.6. The third-order valence-electron chi connectivity index (χ3n) is 6.73. The highest BCUT2D eigenvalue weighted by atomic mass is 35.5. The summed E-state index contributed by atoms with van der Waals surface area (Å²) in [6.07, 6.45) is 5.24. The van der Waals surface area contributed by atoms with Gasteiger partial charge in [0.25, 0.3) is 5.78 Å². The lowest BCUT2D eigenvalue weighted by molar-refractivity contribution is -0.0677. The van der Waals surface area contributed by atoms with Gasteiger partial charge in [0.2, 0.25) is 0 Å². The smallest absolute Gasteiger partial charge is 0.255 e. The fraction of sp³-hybridized carbons (Fsp3) is 0.577. The van der Waals surface area contributed by atoms with Gasteiger partial charge in [-0.3, -0.25) is 4.90 Å². The molecule has 0 radical (unpaired) electrons. The Balaban J connectivity index is 0.000000245. The number of halogens is 4. The van der Waals surface area contributed by atoms with Crippen molar-refractivity contribution in [2.75, 3.05) is 37.6 Å². The average molecular weight is 539 g/mol. The Bertz CT molecular complexity index is 1180. The van der Waals surface area contributed by atoms with Crippen LogP contribution in [0.3, 0.4) is 0 Å². The van der Waals surface area contributed by atoms with Crippen molar-refractivity contribution in [3.8, 4) is 11.1 Å². The fourth-order valence-corrected chi connectivity index (χ4v) is 5.35. The molecule has 37 heavy (non-hydrogen) atoms. The predicted molar refractivity (Wildman–Crippen MR) is 138 cm³/mol. The van der Waals surface area contributed by atoms with Crippen LogP contribution in [0.15, 0.2) is 18.5 Å². The standard InChI is InChI=1S/C17H15ClF3N5.C9H19NO/c1-9-2-4-25(5-3-9)16-14(13-11(20)6-10(19)7-12(13)21)15(18)24-17-22-8-23-26(16)17;1-4-5-10-6-8(2)11-9(3)7-10/h6-9H,2-5H2,1H3;8-9H,4-7H2,1-3H3. The van der Waals surface area contributed by atoms with E-state index >= 15 is 0 Å². The quantitative estimate of drug-likeness (QED) is 0.403. The Kier molecular flexibility index (Phi) is 8.92. The van der Waals surface area contributed by atoms with E-state index in [2.05, 4.69) is 47.7 Å². The van der Waals surface area contributed by atoms with E-state index in [1.807, 2.05) is 4.90 Å². The van der Waals surface area contributed by atoms with E-state index in [1.165, 1.54) is 23.8 Å². The number of benzene rings is 1. The molecule has 202 valence electrons. The van der Waals surface area contributed by atoms with Crippen LogP contribution < -0.4 is 4.90 Å². The average Bonchev–Trinajstić information content (AvgIpc) is 3.27. The number of ether oxygens (including phenoxy) is 1. The van der Waals surface area contributed by atoms with Gasteiger partial charge in [0.05, 0.1) is 23.3 Å². The molecule has 2 unspecified atom stereocenters. The molecule has 2 atom stereocenters. The molecule has 0 aliphatic carbocycles. The van der Waals surface area contributed by atoms with Gasteiger partial charge in [-0.25, -0.2) is 13.2 Å². The normalized spacial score (nSPS) is 21.2. The van der Waals surface area contributed by atoms with Crippen LogP contribution >= 0.6 is 11.6 Å². The van der Waals surface area contributed by atoms with Crippen molar-refractivity contribution in [1.29, 1.82) is 0 Å². The summed E-state index contributed by atoms with van der Waals surface area (Å²) in [7, 11) is 0. The maximum Gasteiger partial charge on any atom is 0.255 e. The summed E-state index contributed by atoms with van der Waals surface area (Å²) in [6.45, 7) is 13.5. The van der Waals surface area contributed by atoms with Crippen molar-refractivity contribution in [3.63, 3.8) is 0 Å². The summed E-state index contributed by atoms with van der Waals surface area (Å²) in [4.78, 5) is 12.6. The molecular formula is C26H34ClF3N6O. The zero-order valence-corrected chi connectivity index (χ0v) is 22.5. The molecule has 2 aliphatic rings. The monoisotopic (exact) mass is 538 g/mol. The van der Waals surface area contributed by atoms with Gasteiger partial charge in [-0.2, -0.15) is 19.6 Å². The number of hydrogen-bond acceptors (Lipinski definition) is 6. The van der Waals surface area contributed by atoms with E-state index in [1.54, 1.807) is 0 Å². The molecule has 5 rings (SSSR count). The molecule has 2 aromatic heterocycles. The lowest BCUT2D eigenvalue weighted by atomic mass is 9.98. The highest BCUT2D eigenvalue weighted by Crippen LogP contribution is 2.40. The molecule has 4 heterocycles. The van der Waals surface area contributed by atoms with Gasteiger partial charge in [-0.1, -0.05) is 25.4 Å². The second kappa shape index (κ2) is 12.0. The van der Waals surface area contributed by atoms with Crippen LogP contribution in [-0.2, 0) is 4.74 Å². The van der Waals surface area contributed by atoms with Crippen molar-refractivity contribution in [1.82, 2.24) is 24.5 Å². The Hall–Kier alpha value is -2.43. The van der Waals surface area contributed by atoms with E-state index < -0.39 is 23.0 Å². The van der Waals surface area contributed by atoms with Crippen molar-refractivity contribution < 1.29 is 17.9 Å². The Labute approximate surface area is 220 Å². The molecule has 2 aliphatic heterocycles. The van der Waals surface area contributed by atoms with Gasteiger partial charge in [-0.05, 0) is 45.6 Å². The van der Waals surface area contributed by atoms with Crippen LogP contribution in [0, 0.1) is 23.4 Å². The van der Waals surface area contributed by atoms with Crippen LogP contribution in [-0.4, -0.2) is 69.4 Å². The fourth-order valence-electron chi connectivity index (χ4n) is 5.09. The first-order valence-corrected chi connectivity index (χ1v) is 13.2. The topological polar surface area (TPSA) is 58.8 Å². The van der Waals surface area contributed by atoms with Crippen molar-refractivity contribution in [2.24, 2.45) is 5.92 Å². The van der Waals surface area contributed by atoms with Crippen molar-refractivity contribution >= 4 is 23.2 Å². The maximum atomic E-state index is 14.5. The highest BCUT2D eigenvalue weighted by molar-refractivity contribution is 6.33. The van der Waals surface area contributed by atoms with E-state index in [9.17, 15) is 13.2 Å². The first-order chi connectivity index (χ1) is 17.7. The van der Waals surface area contributed by atoms with Gasteiger partial charge in [0.15, 0.2) is 0 Å². The second-order valence-electron chi connectivity index (χ2n) is 10.0. The summed E-state index contributed by atoms with van der Waals surface area (Å²) in [5.74, 6) is -1.89. The van der Waals surface area contributed by atoms with Crippen LogP contribution in [0.1, 0.15) is 47.0 Å². The second-order valence-corrected chi connectivity index (χ2v) is 10.4. The zero-order chi connectivity index (χ0) is 26.7. The van der Waals surface area contributed by atoms with Gasteiger partial charge >= 0.3 is 0 Å². The molecule has 0 N–H and O–H groups in total. The van der Waals surface area contributed by atoms with Crippen LogP contribution in [0.5, 0.6) is 0 Å². The number of fused-ring (bicyclic) bond motifs is 1. The number of aromatic nitrogens is 4. The van der Waals surface area contributed by atoms with E-state index in [0.717, 1.165) is 25.9 Å². The van der Waals surface area contributed by atoms with Gasteiger partial charge in [-0.15, -0.1) is 0 Å². The molecule has 11 heteroatoms. The molecule has 7 nitrogen and oxygen atoms in total. The molecule has 2 saturated heterocycles. The van der Waals surface area contributed by atoms with Crippen LogP contribution in [0.25, 0.3) is 16.9 Å². The van der Waals surface area contributed by atoms with Crippen molar-refractivity contribution in [2.45, 2.75) is 59.2 Å². The molecule has 3 aromatic rings. The van der Waals surface area contributed by atoms with E-state index in [0.29, 0.717) is 49.2 Å². The number of anilines is 1. The van der Waals surface area contributed by atoms with E-state index in [-0.39, 0.29) is 16.5 Å². The Morgan fingerprint density at radius 3 is 2.22 bits per heavy atom. The highest BCUT2D eigenvalue weighted by Gasteiger charge is 2.29. The molecule has 0 spiro atoms. The molecule has 0 bridgehead atoms. The molecule has 2 fully saturated rings. The Morgan fingerprint density at radius 1 is 1.00 bits per heavy atom. The third kappa shape index (κ3) is 6.35. The van der Waals surface area contributed by atoms with Crippen LogP contribution in [0.4, 0.5) is 19.0 Å². The number of hydrogen-bond donors (Lipinski definition) is 0. The minimum atomic E-state index is -1.04. The molecule has 1 aromatic carbocycles. The van der Waals surface area contributed by atoms with Gasteiger partial charge in [0, 0.05) is 38.3 Å². The number of rotatable bonds is 4. The largest absolute Gasteiger partial charge is 0.373 e. The summed E-state index contributed by atoms with van der Waals surface area (Å²) < 4.78 is 49.4. The van der Waals surface area contributed by atoms with Crippen LogP contribution in [0.2, 0.25) is 5.15 Å². The van der Waals surface area contributed by atoms with E-state index in [4.69, 9.17) is 16.3 Å². The third-order valence-corrected chi connectivity index (χ3v) is 7.01. The Morgan fingerprint density at radius 2 is 1.62 bits per heavy atom. The summed E-state index contributed by atoms with van der Waals surface area (Å²) in [5, 5.41) is 4.03. The number of nitrogens with zero attached hydrogens (tertiary/aromatic N) is 6. The first-order valence-electron chi connectivity index (χ1n) is 12.8. The molecule has 0 amide bonds. The van der Waals surface area contributed by atoms with Gasteiger partial charge < -0.3 is 9.64 Å². The molecular weight excluding hydrogens is 505 g/mol. The maximum absolute atomic E-state index is 14.5. The SMILES string of the molecule is CC1CCN(c2c(-c3c(F)cc(F)cc3F)c(Cl)nc3ncnn23)CC1.CCCN1CC(C)OC(C)C1. The lowest BCUT2D eigenvalue weighted by Gasteiger charge is -2.35.